The summed E-state index contributed by atoms with van der Waals surface area (Å²) in [5.41, 5.74) is -8.68. The molecule has 30 heavy (non-hydrogen) atoms. The molecule has 0 fully saturated rings. The Balaban J connectivity index is 4.10. The van der Waals surface area contributed by atoms with Gasteiger partial charge in [0.1, 0.15) is 0 Å². The Morgan fingerprint density at radius 3 is 1.53 bits per heavy atom. The number of hydrogen-bond donors (Lipinski definition) is 0. The van der Waals surface area contributed by atoms with E-state index in [1.54, 1.807) is 0 Å². The standard InChI is InChI=1S/C15H17F8NO4S2/c1-4-6-7-14(3,5-2)24(30(27,28)15(21,22)23)29(25,26)13-11(19)9(17)8(16)10(18)12(13)20/h4-7H2,1-3H3. The van der Waals surface area contributed by atoms with Crippen LogP contribution in [0.2, 0.25) is 0 Å². The van der Waals surface area contributed by atoms with Crippen LogP contribution in [-0.4, -0.2) is 31.6 Å². The summed E-state index contributed by atoms with van der Waals surface area (Å²) in [6.07, 6.45) is -0.875. The van der Waals surface area contributed by atoms with Gasteiger partial charge in [-0.3, -0.25) is 0 Å². The van der Waals surface area contributed by atoms with Crippen molar-refractivity contribution < 1.29 is 52.0 Å². The van der Waals surface area contributed by atoms with E-state index < -0.39 is 81.6 Å². The van der Waals surface area contributed by atoms with E-state index in [0.717, 1.165) is 13.8 Å². The summed E-state index contributed by atoms with van der Waals surface area (Å²) in [6.45, 7) is 3.40. The fraction of sp³-hybridized carbons (Fsp3) is 0.600. The third kappa shape index (κ3) is 4.28. The molecule has 0 aliphatic heterocycles. The third-order valence-corrected chi connectivity index (χ3v) is 8.82. The van der Waals surface area contributed by atoms with Gasteiger partial charge in [-0.25, -0.2) is 38.8 Å². The van der Waals surface area contributed by atoms with Gasteiger partial charge in [0.25, 0.3) is 10.0 Å². The third-order valence-electron chi connectivity index (χ3n) is 4.43. The second-order valence-corrected chi connectivity index (χ2v) is 10.2. The predicted molar refractivity (Wildman–Crippen MR) is 88.5 cm³/mol. The van der Waals surface area contributed by atoms with Gasteiger partial charge in [-0.05, 0) is 19.8 Å². The van der Waals surface area contributed by atoms with E-state index in [9.17, 15) is 52.0 Å². The number of benzene rings is 1. The minimum absolute atomic E-state index is 0.0131. The van der Waals surface area contributed by atoms with E-state index in [1.807, 2.05) is 0 Å². The summed E-state index contributed by atoms with van der Waals surface area (Å²) in [4.78, 5) is -2.69. The Labute approximate surface area is 167 Å². The van der Waals surface area contributed by atoms with E-state index in [-0.39, 0.29) is 12.8 Å². The lowest BCUT2D eigenvalue weighted by molar-refractivity contribution is -0.0491. The fourth-order valence-corrected chi connectivity index (χ4v) is 6.75. The molecule has 1 rings (SSSR count). The number of halogens is 8. The van der Waals surface area contributed by atoms with Crippen LogP contribution in [0.3, 0.4) is 0 Å². The van der Waals surface area contributed by atoms with Crippen molar-refractivity contribution in [3.8, 4) is 0 Å². The molecule has 15 heteroatoms. The Hall–Kier alpha value is -1.48. The lowest BCUT2D eigenvalue weighted by Crippen LogP contribution is -2.56. The molecule has 1 aromatic rings. The first-order valence-corrected chi connectivity index (χ1v) is 11.2. The number of nitrogens with zero attached hydrogens (tertiary/aromatic N) is 1. The topological polar surface area (TPSA) is 71.5 Å². The Morgan fingerprint density at radius 2 is 1.20 bits per heavy atom. The molecular weight excluding hydrogens is 474 g/mol. The first-order chi connectivity index (χ1) is 13.4. The smallest absolute Gasteiger partial charge is 0.206 e. The van der Waals surface area contributed by atoms with Gasteiger partial charge < -0.3 is 0 Å². The highest BCUT2D eigenvalue weighted by molar-refractivity contribution is 8.04. The summed E-state index contributed by atoms with van der Waals surface area (Å²) in [5.74, 6) is -14.3. The van der Waals surface area contributed by atoms with Crippen LogP contribution in [0.25, 0.3) is 0 Å². The number of rotatable bonds is 8. The molecular formula is C15H17F8NO4S2. The van der Waals surface area contributed by atoms with Gasteiger partial charge in [-0.2, -0.15) is 13.2 Å². The van der Waals surface area contributed by atoms with Crippen LogP contribution < -0.4 is 0 Å². The van der Waals surface area contributed by atoms with E-state index in [1.165, 1.54) is 6.92 Å². The maximum atomic E-state index is 14.1. The van der Waals surface area contributed by atoms with Gasteiger partial charge in [-0.15, -0.1) is 0 Å². The number of hydrogen-bond acceptors (Lipinski definition) is 4. The minimum Gasteiger partial charge on any atom is -0.206 e. The molecule has 1 unspecified atom stereocenters. The predicted octanol–water partition coefficient (Wildman–Crippen LogP) is 4.58. The Morgan fingerprint density at radius 1 is 0.800 bits per heavy atom. The lowest BCUT2D eigenvalue weighted by Gasteiger charge is -2.39. The van der Waals surface area contributed by atoms with Gasteiger partial charge in [0, 0.05) is 5.54 Å². The van der Waals surface area contributed by atoms with E-state index in [4.69, 9.17) is 0 Å². The monoisotopic (exact) mass is 491 g/mol. The quantitative estimate of drug-likeness (QED) is 0.303. The number of unbranched alkanes of at least 4 members (excludes halogenated alkanes) is 1. The van der Waals surface area contributed by atoms with Gasteiger partial charge >= 0.3 is 15.5 Å². The minimum atomic E-state index is -6.84. The normalized spacial score (nSPS) is 15.5. The summed E-state index contributed by atoms with van der Waals surface area (Å²) < 4.78 is 157. The van der Waals surface area contributed by atoms with Crippen molar-refractivity contribution in [1.29, 1.82) is 0 Å². The molecule has 0 aliphatic rings. The molecule has 5 nitrogen and oxygen atoms in total. The molecule has 0 aromatic heterocycles. The molecule has 174 valence electrons. The Bertz CT molecular complexity index is 995. The van der Waals surface area contributed by atoms with Crippen LogP contribution >= 0.6 is 0 Å². The molecule has 0 radical (unpaired) electrons. The molecule has 0 amide bonds. The molecule has 0 aliphatic carbocycles. The zero-order chi connectivity index (χ0) is 23.9. The van der Waals surface area contributed by atoms with Crippen LogP contribution in [0.15, 0.2) is 4.90 Å². The zero-order valence-corrected chi connectivity index (χ0v) is 17.4. The molecule has 0 N–H and O–H groups in total. The summed E-state index contributed by atoms with van der Waals surface area (Å²) in [5, 5.41) is 0. The van der Waals surface area contributed by atoms with E-state index >= 15 is 0 Å². The number of alkyl halides is 3. The molecule has 0 spiro atoms. The Kier molecular flexibility index (Phi) is 7.59. The lowest BCUT2D eigenvalue weighted by atomic mass is 9.93. The van der Waals surface area contributed by atoms with E-state index in [0.29, 0.717) is 0 Å². The summed E-state index contributed by atoms with van der Waals surface area (Å²) in [6, 6.07) is 0. The average molecular weight is 491 g/mol. The summed E-state index contributed by atoms with van der Waals surface area (Å²) >= 11 is 0. The van der Waals surface area contributed by atoms with Crippen molar-refractivity contribution in [2.24, 2.45) is 0 Å². The average Bonchev–Trinajstić information content (AvgIpc) is 2.61. The first-order valence-electron chi connectivity index (χ1n) is 8.30. The van der Waals surface area contributed by atoms with Crippen LogP contribution in [0.5, 0.6) is 0 Å². The molecule has 1 aromatic carbocycles. The number of sulfonamides is 2. The molecule has 0 bridgehead atoms. The second kappa shape index (κ2) is 8.57. The first kappa shape index (κ1) is 26.6. The SMILES string of the molecule is CCCCC(C)(CC)N(S(=O)(=O)c1c(F)c(F)c(F)c(F)c1F)S(=O)(=O)C(F)(F)F. The molecule has 0 heterocycles. The summed E-state index contributed by atoms with van der Waals surface area (Å²) in [7, 11) is -13.3. The highest BCUT2D eigenvalue weighted by atomic mass is 32.3. The van der Waals surface area contributed by atoms with Gasteiger partial charge in [-0.1, -0.05) is 30.4 Å². The van der Waals surface area contributed by atoms with Crippen molar-refractivity contribution in [1.82, 2.24) is 3.71 Å². The second-order valence-electron chi connectivity index (χ2n) is 6.51. The van der Waals surface area contributed by atoms with Gasteiger partial charge in [0.2, 0.25) is 5.82 Å². The van der Waals surface area contributed by atoms with Crippen LogP contribution in [0.1, 0.15) is 46.5 Å². The van der Waals surface area contributed by atoms with Crippen molar-refractivity contribution >= 4 is 20.0 Å². The molecule has 0 saturated carbocycles. The van der Waals surface area contributed by atoms with Crippen molar-refractivity contribution in [2.45, 2.75) is 62.4 Å². The molecule has 1 atom stereocenters. The zero-order valence-electron chi connectivity index (χ0n) is 15.7. The van der Waals surface area contributed by atoms with E-state index in [2.05, 4.69) is 0 Å². The van der Waals surface area contributed by atoms with Gasteiger partial charge in [0.15, 0.2) is 28.2 Å². The largest absolute Gasteiger partial charge is 0.512 e. The maximum absolute atomic E-state index is 14.1. The molecule has 0 saturated heterocycles. The highest BCUT2D eigenvalue weighted by Gasteiger charge is 2.60. The van der Waals surface area contributed by atoms with Crippen LogP contribution in [0, 0.1) is 29.1 Å². The fourth-order valence-electron chi connectivity index (χ4n) is 2.65. The maximum Gasteiger partial charge on any atom is 0.512 e. The van der Waals surface area contributed by atoms with Crippen molar-refractivity contribution in [3.63, 3.8) is 0 Å². The highest BCUT2D eigenvalue weighted by Crippen LogP contribution is 2.42. The van der Waals surface area contributed by atoms with Crippen LogP contribution in [-0.2, 0) is 20.0 Å². The van der Waals surface area contributed by atoms with Crippen molar-refractivity contribution in [3.05, 3.63) is 29.1 Å². The van der Waals surface area contributed by atoms with Crippen LogP contribution in [0.4, 0.5) is 35.1 Å². The van der Waals surface area contributed by atoms with Gasteiger partial charge in [0.05, 0.1) is 0 Å². The van der Waals surface area contributed by atoms with Crippen molar-refractivity contribution in [2.75, 3.05) is 0 Å².